The maximum absolute atomic E-state index is 13.5. The number of nitrogen functional groups attached to an aromatic ring is 1. The number of aliphatic carboxylic acids is 3. The third-order valence-electron chi connectivity index (χ3n) is 8.93. The monoisotopic (exact) mass is 923 g/mol. The van der Waals surface area contributed by atoms with E-state index >= 15 is 0 Å². The number of nitrogens with two attached hydrogens (primary N) is 3. The largest absolute Gasteiger partial charge is 0.481 e. The lowest BCUT2D eigenvalue weighted by molar-refractivity contribution is -0.141. The van der Waals surface area contributed by atoms with Crippen LogP contribution < -0.4 is 54.5 Å². The van der Waals surface area contributed by atoms with Crippen molar-refractivity contribution in [3.8, 4) is 11.8 Å². The molecular formula is C39H49N13O12S. The highest BCUT2D eigenvalue weighted by Gasteiger charge is 2.32. The standard InChI is InChI=1S/C39H49N13O12S/c1-2-4-21(18-65)47-36(61)26(14-31(57)58)51-35(60)23(5-3-12-43-39(41)42)49-37(62)25(13-30(55)56)48-29(54)11-10-24(38(63)64)50-34(59)19-6-8-20(9-7-19)44-16-22-17-45-33-32(46-22)27(53)15-28(40)52-33/h6-9,15,17,21,23-26,44,65H,3,5,10-14,16,18H2,1H3,(H,47,61)(H,48,54)(H,49,62)(H,50,59)(H,51,60)(H,55,56)(H,57,58)(H,63,64)(H4,41,42,43)(H3,40,45,52,53). The van der Waals surface area contributed by atoms with Crippen molar-refractivity contribution in [3.63, 3.8) is 0 Å². The average molecular weight is 924 g/mol. The van der Waals surface area contributed by atoms with E-state index in [-0.39, 0.29) is 60.2 Å². The Morgan fingerprint density at radius 1 is 0.846 bits per heavy atom. The van der Waals surface area contributed by atoms with Gasteiger partial charge in [-0.15, -0.1) is 5.92 Å². The highest BCUT2D eigenvalue weighted by atomic mass is 32.1. The number of thiol groups is 1. The Balaban J connectivity index is 1.66. The number of fused-ring (bicyclic) bond motifs is 1. The van der Waals surface area contributed by atoms with Crippen molar-refractivity contribution < 1.29 is 53.7 Å². The van der Waals surface area contributed by atoms with Gasteiger partial charge in [-0.3, -0.25) is 43.3 Å². The fraction of sp³-hybridized carbons (Fsp3) is 0.385. The fourth-order valence-corrected chi connectivity index (χ4v) is 5.97. The summed E-state index contributed by atoms with van der Waals surface area (Å²) in [5, 5.41) is 43.4. The number of pyridine rings is 1. The van der Waals surface area contributed by atoms with Gasteiger partial charge in [0.25, 0.3) is 5.91 Å². The van der Waals surface area contributed by atoms with E-state index in [1.165, 1.54) is 43.5 Å². The first kappa shape index (κ1) is 51.4. The minimum atomic E-state index is -1.82. The summed E-state index contributed by atoms with van der Waals surface area (Å²) < 4.78 is 0. The van der Waals surface area contributed by atoms with E-state index in [1.54, 1.807) is 0 Å². The van der Waals surface area contributed by atoms with Gasteiger partial charge in [0, 0.05) is 36.0 Å². The Labute approximate surface area is 375 Å². The molecule has 0 radical (unpaired) electrons. The van der Waals surface area contributed by atoms with Gasteiger partial charge in [-0.1, -0.05) is 5.92 Å². The minimum absolute atomic E-state index is 0.0376. The highest BCUT2D eigenvalue weighted by Crippen LogP contribution is 2.13. The quantitative estimate of drug-likeness (QED) is 0.0136. The smallest absolute Gasteiger partial charge is 0.326 e. The number of aliphatic imine (C=N–C) groups is 1. The number of hydrogen-bond donors (Lipinski definition) is 14. The second-order valence-corrected chi connectivity index (χ2v) is 14.4. The van der Waals surface area contributed by atoms with Crippen LogP contribution >= 0.6 is 12.6 Å². The second-order valence-electron chi connectivity index (χ2n) is 14.0. The van der Waals surface area contributed by atoms with E-state index in [2.05, 4.69) is 76.3 Å². The van der Waals surface area contributed by atoms with Crippen molar-refractivity contribution in [3.05, 3.63) is 58.0 Å². The Hall–Kier alpha value is -7.95. The van der Waals surface area contributed by atoms with Gasteiger partial charge in [-0.05, 0) is 50.5 Å². The number of hydrogen-bond acceptors (Lipinski definition) is 15. The number of aromatic nitrogens is 3. The first-order valence-corrected chi connectivity index (χ1v) is 20.2. The molecular weight excluding hydrogens is 875 g/mol. The Morgan fingerprint density at radius 3 is 2.06 bits per heavy atom. The number of anilines is 2. The molecule has 5 amide bonds. The summed E-state index contributed by atoms with van der Waals surface area (Å²) in [6.07, 6.45) is -1.73. The van der Waals surface area contributed by atoms with Crippen molar-refractivity contribution in [2.24, 2.45) is 16.5 Å². The molecule has 26 heteroatoms. The molecule has 3 aromatic rings. The third kappa shape index (κ3) is 17.4. The molecule has 0 aliphatic rings. The van der Waals surface area contributed by atoms with Crippen LogP contribution in [0.3, 0.4) is 0 Å². The van der Waals surface area contributed by atoms with Crippen LogP contribution in [0, 0.1) is 11.8 Å². The molecule has 2 aromatic heterocycles. The predicted molar refractivity (Wildman–Crippen MR) is 236 cm³/mol. The van der Waals surface area contributed by atoms with Gasteiger partial charge in [0.1, 0.15) is 30.0 Å². The lowest BCUT2D eigenvalue weighted by Gasteiger charge is -2.25. The predicted octanol–water partition coefficient (Wildman–Crippen LogP) is -2.63. The summed E-state index contributed by atoms with van der Waals surface area (Å²) in [6.45, 7) is 1.61. The molecule has 5 unspecified atom stereocenters. The number of rotatable bonds is 25. The summed E-state index contributed by atoms with van der Waals surface area (Å²) in [5.74, 6) is -4.33. The average Bonchev–Trinajstić information content (AvgIpc) is 3.24. The number of carbonyl (C=O) groups is 8. The first-order valence-electron chi connectivity index (χ1n) is 19.5. The van der Waals surface area contributed by atoms with Crippen LogP contribution in [0.1, 0.15) is 61.5 Å². The first-order chi connectivity index (χ1) is 30.8. The van der Waals surface area contributed by atoms with E-state index in [4.69, 9.17) is 17.2 Å². The molecule has 0 saturated heterocycles. The van der Waals surface area contributed by atoms with Gasteiger partial charge in [-0.25, -0.2) is 14.8 Å². The van der Waals surface area contributed by atoms with Crippen LogP contribution in [0.25, 0.3) is 11.2 Å². The topological polar surface area (TPSA) is 418 Å². The summed E-state index contributed by atoms with van der Waals surface area (Å²) >= 11 is 4.09. The van der Waals surface area contributed by atoms with Gasteiger partial charge in [0.2, 0.25) is 29.1 Å². The molecule has 5 atom stereocenters. The van der Waals surface area contributed by atoms with Crippen molar-refractivity contribution in [1.82, 2.24) is 41.5 Å². The number of nitrogens with one attached hydrogen (secondary N) is 7. The zero-order valence-corrected chi connectivity index (χ0v) is 35.6. The van der Waals surface area contributed by atoms with E-state index in [9.17, 15) is 58.5 Å². The molecule has 65 heavy (non-hydrogen) atoms. The number of carbonyl (C=O) groups excluding carboxylic acids is 5. The van der Waals surface area contributed by atoms with Gasteiger partial charge < -0.3 is 69.4 Å². The molecule has 16 N–H and O–H groups in total. The van der Waals surface area contributed by atoms with E-state index in [0.29, 0.717) is 11.4 Å². The summed E-state index contributed by atoms with van der Waals surface area (Å²) in [4.78, 5) is 129. The van der Waals surface area contributed by atoms with Gasteiger partial charge in [0.05, 0.1) is 37.3 Å². The molecule has 0 aliphatic carbocycles. The third-order valence-corrected chi connectivity index (χ3v) is 9.29. The van der Waals surface area contributed by atoms with E-state index in [1.807, 2.05) is 0 Å². The number of nitrogens with zero attached hydrogens (tertiary/aromatic N) is 3. The number of amides is 5. The maximum Gasteiger partial charge on any atom is 0.326 e. The zero-order valence-electron chi connectivity index (χ0n) is 34.8. The summed E-state index contributed by atoms with van der Waals surface area (Å²) in [7, 11) is 0. The SMILES string of the molecule is CC#CC(CS)NC(=O)C(CC(=O)O)NC(=O)C(CCCN=C(N)N)NC(=O)C(CC(=O)O)NC(=O)CCC(NC(=O)c1ccc(NCc2cnc3[nH]c(N)cc(=O)c3n2)cc1)C(=O)O. The minimum Gasteiger partial charge on any atom is -0.481 e. The van der Waals surface area contributed by atoms with Gasteiger partial charge in [0.15, 0.2) is 17.1 Å². The van der Waals surface area contributed by atoms with Crippen LogP contribution in [0.4, 0.5) is 11.5 Å². The van der Waals surface area contributed by atoms with Gasteiger partial charge >= 0.3 is 17.9 Å². The lowest BCUT2D eigenvalue weighted by atomic mass is 10.1. The molecule has 0 spiro atoms. The van der Waals surface area contributed by atoms with Crippen molar-refractivity contribution >= 4 is 88.7 Å². The second kappa shape index (κ2) is 25.2. The van der Waals surface area contributed by atoms with Crippen LogP contribution in [-0.4, -0.2) is 126 Å². The van der Waals surface area contributed by atoms with Crippen LogP contribution in [0.5, 0.6) is 0 Å². The fourth-order valence-electron chi connectivity index (χ4n) is 5.79. The normalized spacial score (nSPS) is 12.9. The Bertz CT molecular complexity index is 2400. The van der Waals surface area contributed by atoms with Crippen LogP contribution in [0.15, 0.2) is 46.3 Å². The Kier molecular flexibility index (Phi) is 20.0. The molecule has 25 nitrogen and oxygen atoms in total. The Morgan fingerprint density at radius 2 is 1.46 bits per heavy atom. The van der Waals surface area contributed by atoms with Crippen LogP contribution in [-0.2, 0) is 40.1 Å². The number of benzene rings is 1. The molecule has 348 valence electrons. The molecule has 0 fully saturated rings. The lowest BCUT2D eigenvalue weighted by Crippen LogP contribution is -2.58. The number of carboxylic acids is 3. The maximum atomic E-state index is 13.5. The highest BCUT2D eigenvalue weighted by molar-refractivity contribution is 7.80. The number of carboxylic acid groups (broad SMARTS) is 3. The van der Waals surface area contributed by atoms with Crippen molar-refractivity contribution in [1.29, 1.82) is 0 Å². The zero-order chi connectivity index (χ0) is 48.2. The molecule has 0 bridgehead atoms. The summed E-state index contributed by atoms with van der Waals surface area (Å²) in [5.41, 5.74) is 17.3. The molecule has 1 aromatic carbocycles. The number of aromatic amines is 1. The molecule has 2 heterocycles. The number of H-pyrrole nitrogens is 1. The molecule has 0 aliphatic heterocycles. The number of guanidine groups is 1. The van der Waals surface area contributed by atoms with E-state index < -0.39 is 109 Å². The van der Waals surface area contributed by atoms with Gasteiger partial charge in [-0.2, -0.15) is 12.6 Å². The van der Waals surface area contributed by atoms with Crippen molar-refractivity contribution in [2.45, 2.75) is 82.2 Å². The summed E-state index contributed by atoms with van der Waals surface area (Å²) in [6, 6.07) is -0.411. The molecule has 3 rings (SSSR count). The van der Waals surface area contributed by atoms with E-state index in [0.717, 1.165) is 0 Å². The molecule has 0 saturated carbocycles. The van der Waals surface area contributed by atoms with Crippen molar-refractivity contribution in [2.75, 3.05) is 23.3 Å². The van der Waals surface area contributed by atoms with Crippen LogP contribution in [0.2, 0.25) is 0 Å².